The Labute approximate surface area is 124 Å². The lowest BCUT2D eigenvalue weighted by Crippen LogP contribution is -2.44. The van der Waals surface area contributed by atoms with E-state index in [4.69, 9.17) is 10.2 Å². The number of amides is 1. The van der Waals surface area contributed by atoms with Crippen molar-refractivity contribution in [3.8, 4) is 0 Å². The number of carbonyl (C=O) groups is 2. The molecule has 0 aliphatic carbocycles. The Kier molecular flexibility index (Phi) is 6.56. The second-order valence-electron chi connectivity index (χ2n) is 5.01. The molecule has 21 heavy (non-hydrogen) atoms. The molecule has 0 aromatic heterocycles. The van der Waals surface area contributed by atoms with E-state index in [1.54, 1.807) is 6.92 Å². The SMILES string of the molecule is CCS(=O)(=O)N1CCC(C(=O)NCCC(O)C(=O)O)CC1. The van der Waals surface area contributed by atoms with Crippen molar-refractivity contribution in [2.45, 2.75) is 32.3 Å². The first-order valence-corrected chi connectivity index (χ1v) is 8.55. The third-order valence-corrected chi connectivity index (χ3v) is 5.47. The highest BCUT2D eigenvalue weighted by Crippen LogP contribution is 2.19. The molecule has 1 amide bonds. The van der Waals surface area contributed by atoms with Gasteiger partial charge in [-0.05, 0) is 19.8 Å². The van der Waals surface area contributed by atoms with Gasteiger partial charge < -0.3 is 15.5 Å². The molecule has 1 atom stereocenters. The number of carboxylic acids is 1. The molecule has 1 aliphatic rings. The Balaban J connectivity index is 2.34. The predicted molar refractivity (Wildman–Crippen MR) is 75.0 cm³/mol. The van der Waals surface area contributed by atoms with Crippen molar-refractivity contribution in [3.05, 3.63) is 0 Å². The van der Waals surface area contributed by atoms with Gasteiger partial charge in [-0.25, -0.2) is 17.5 Å². The van der Waals surface area contributed by atoms with Gasteiger partial charge in [0.15, 0.2) is 6.10 Å². The van der Waals surface area contributed by atoms with Gasteiger partial charge in [0.25, 0.3) is 0 Å². The van der Waals surface area contributed by atoms with Gasteiger partial charge >= 0.3 is 5.97 Å². The summed E-state index contributed by atoms with van der Waals surface area (Å²) in [6.07, 6.45) is -0.634. The fourth-order valence-corrected chi connectivity index (χ4v) is 3.31. The van der Waals surface area contributed by atoms with Crippen molar-refractivity contribution in [2.24, 2.45) is 5.92 Å². The minimum Gasteiger partial charge on any atom is -0.479 e. The summed E-state index contributed by atoms with van der Waals surface area (Å²) in [4.78, 5) is 22.3. The number of nitrogens with one attached hydrogen (secondary N) is 1. The van der Waals surface area contributed by atoms with Crippen LogP contribution in [0.1, 0.15) is 26.2 Å². The predicted octanol–water partition coefficient (Wildman–Crippen LogP) is -1.00. The highest BCUT2D eigenvalue weighted by molar-refractivity contribution is 7.89. The van der Waals surface area contributed by atoms with Crippen LogP contribution in [0.15, 0.2) is 0 Å². The summed E-state index contributed by atoms with van der Waals surface area (Å²) in [5, 5.41) is 20.2. The number of carboxylic acid groups (broad SMARTS) is 1. The van der Waals surface area contributed by atoms with Crippen LogP contribution in [0.3, 0.4) is 0 Å². The number of hydrogen-bond donors (Lipinski definition) is 3. The van der Waals surface area contributed by atoms with Crippen molar-refractivity contribution in [1.29, 1.82) is 0 Å². The number of aliphatic carboxylic acids is 1. The molecule has 1 rings (SSSR count). The number of sulfonamides is 1. The first-order valence-electron chi connectivity index (χ1n) is 6.94. The van der Waals surface area contributed by atoms with Crippen molar-refractivity contribution < 1.29 is 28.2 Å². The highest BCUT2D eigenvalue weighted by Gasteiger charge is 2.30. The van der Waals surface area contributed by atoms with E-state index in [0.717, 1.165) is 0 Å². The molecule has 1 unspecified atom stereocenters. The number of nitrogens with zero attached hydrogens (tertiary/aromatic N) is 1. The molecule has 0 spiro atoms. The average molecular weight is 322 g/mol. The van der Waals surface area contributed by atoms with Crippen molar-refractivity contribution in [1.82, 2.24) is 9.62 Å². The molecule has 0 aromatic carbocycles. The second-order valence-corrected chi connectivity index (χ2v) is 7.27. The molecule has 0 bridgehead atoms. The summed E-state index contributed by atoms with van der Waals surface area (Å²) in [5.74, 6) is -1.75. The van der Waals surface area contributed by atoms with Gasteiger partial charge in [-0.1, -0.05) is 0 Å². The summed E-state index contributed by atoms with van der Waals surface area (Å²) in [6, 6.07) is 0. The normalized spacial score (nSPS) is 19.1. The summed E-state index contributed by atoms with van der Waals surface area (Å²) < 4.78 is 24.8. The molecule has 0 radical (unpaired) electrons. The van der Waals surface area contributed by atoms with E-state index in [-0.39, 0.29) is 30.5 Å². The van der Waals surface area contributed by atoms with E-state index in [9.17, 15) is 18.0 Å². The maximum Gasteiger partial charge on any atom is 0.332 e. The van der Waals surface area contributed by atoms with Gasteiger partial charge in [-0.2, -0.15) is 0 Å². The molecule has 0 aromatic rings. The van der Waals surface area contributed by atoms with Gasteiger partial charge in [0.05, 0.1) is 5.75 Å². The van der Waals surface area contributed by atoms with Gasteiger partial charge in [0, 0.05) is 32.0 Å². The zero-order valence-electron chi connectivity index (χ0n) is 12.0. The lowest BCUT2D eigenvalue weighted by atomic mass is 9.97. The third-order valence-electron chi connectivity index (χ3n) is 3.58. The molecular formula is C12H22N2O6S. The Morgan fingerprint density at radius 2 is 1.90 bits per heavy atom. The van der Waals surface area contributed by atoms with E-state index in [0.29, 0.717) is 25.9 Å². The molecule has 1 saturated heterocycles. The number of rotatable bonds is 7. The molecule has 8 nitrogen and oxygen atoms in total. The Morgan fingerprint density at radius 1 is 1.33 bits per heavy atom. The molecule has 1 heterocycles. The van der Waals surface area contributed by atoms with E-state index in [1.807, 2.05) is 0 Å². The number of aliphatic hydroxyl groups is 1. The summed E-state index contributed by atoms with van der Waals surface area (Å²) in [6.45, 7) is 2.32. The number of piperidine rings is 1. The summed E-state index contributed by atoms with van der Waals surface area (Å²) in [7, 11) is -3.20. The Bertz CT molecular complexity index is 470. The van der Waals surface area contributed by atoms with Crippen LogP contribution in [0, 0.1) is 5.92 Å². The van der Waals surface area contributed by atoms with Crippen molar-refractivity contribution in [3.63, 3.8) is 0 Å². The van der Waals surface area contributed by atoms with Crippen LogP contribution in [0.25, 0.3) is 0 Å². The molecule has 122 valence electrons. The zero-order valence-corrected chi connectivity index (χ0v) is 12.8. The zero-order chi connectivity index (χ0) is 16.0. The summed E-state index contributed by atoms with van der Waals surface area (Å²) in [5.41, 5.74) is 0. The smallest absolute Gasteiger partial charge is 0.332 e. The minimum atomic E-state index is -3.20. The van der Waals surface area contributed by atoms with Gasteiger partial charge in [0.2, 0.25) is 15.9 Å². The third kappa shape index (κ3) is 5.25. The van der Waals surface area contributed by atoms with E-state index < -0.39 is 22.1 Å². The molecule has 1 aliphatic heterocycles. The molecular weight excluding hydrogens is 300 g/mol. The van der Waals surface area contributed by atoms with Crippen molar-refractivity contribution in [2.75, 3.05) is 25.4 Å². The monoisotopic (exact) mass is 322 g/mol. The van der Waals surface area contributed by atoms with Gasteiger partial charge in [0.1, 0.15) is 0 Å². The second kappa shape index (κ2) is 7.71. The number of hydrogen-bond acceptors (Lipinski definition) is 5. The maximum atomic E-state index is 11.9. The quantitative estimate of drug-likeness (QED) is 0.552. The average Bonchev–Trinajstić information content (AvgIpc) is 2.47. The number of carbonyl (C=O) groups excluding carboxylic acids is 1. The summed E-state index contributed by atoms with van der Waals surface area (Å²) >= 11 is 0. The maximum absolute atomic E-state index is 11.9. The van der Waals surface area contributed by atoms with Crippen LogP contribution < -0.4 is 5.32 Å². The van der Waals surface area contributed by atoms with Crippen LogP contribution in [-0.2, 0) is 19.6 Å². The Morgan fingerprint density at radius 3 is 2.38 bits per heavy atom. The lowest BCUT2D eigenvalue weighted by Gasteiger charge is -2.30. The molecule has 0 saturated carbocycles. The highest BCUT2D eigenvalue weighted by atomic mass is 32.2. The first-order chi connectivity index (χ1) is 9.77. The van der Waals surface area contributed by atoms with Crippen LogP contribution in [0.4, 0.5) is 0 Å². The largest absolute Gasteiger partial charge is 0.479 e. The fourth-order valence-electron chi connectivity index (χ4n) is 2.18. The molecule has 1 fully saturated rings. The minimum absolute atomic E-state index is 0.0515. The van der Waals surface area contributed by atoms with Crippen LogP contribution in [0.5, 0.6) is 0 Å². The molecule has 9 heteroatoms. The van der Waals surface area contributed by atoms with Gasteiger partial charge in [-0.3, -0.25) is 4.79 Å². The number of aliphatic hydroxyl groups excluding tert-OH is 1. The molecule has 3 N–H and O–H groups in total. The van der Waals surface area contributed by atoms with E-state index in [2.05, 4.69) is 5.32 Å². The Hall–Kier alpha value is -1.19. The van der Waals surface area contributed by atoms with E-state index >= 15 is 0 Å². The van der Waals surface area contributed by atoms with Crippen LogP contribution >= 0.6 is 0 Å². The van der Waals surface area contributed by atoms with Crippen molar-refractivity contribution >= 4 is 21.9 Å². The topological polar surface area (TPSA) is 124 Å². The fraction of sp³-hybridized carbons (Fsp3) is 0.833. The first kappa shape index (κ1) is 17.9. The van der Waals surface area contributed by atoms with Crippen LogP contribution in [0.2, 0.25) is 0 Å². The van der Waals surface area contributed by atoms with Crippen LogP contribution in [-0.4, -0.2) is 66.3 Å². The van der Waals surface area contributed by atoms with E-state index in [1.165, 1.54) is 4.31 Å². The standard InChI is InChI=1S/C12H22N2O6S/c1-2-21(19,20)14-7-4-9(5-8-14)11(16)13-6-3-10(15)12(17)18/h9-10,15H,2-8H2,1H3,(H,13,16)(H,17,18). The van der Waals surface area contributed by atoms with Gasteiger partial charge in [-0.15, -0.1) is 0 Å². The lowest BCUT2D eigenvalue weighted by molar-refractivity contribution is -0.147.